The van der Waals surface area contributed by atoms with E-state index in [-0.39, 0.29) is 0 Å². The van der Waals surface area contributed by atoms with E-state index < -0.39 is 0 Å². The number of H-pyrrole nitrogens is 1. The van der Waals surface area contributed by atoms with Gasteiger partial charge in [0.1, 0.15) is 5.82 Å². The van der Waals surface area contributed by atoms with Crippen LogP contribution in [0.1, 0.15) is 36.2 Å². The summed E-state index contributed by atoms with van der Waals surface area (Å²) in [5, 5.41) is 1.50. The molecule has 1 aliphatic carbocycles. The Kier molecular flexibility index (Phi) is 3.49. The van der Waals surface area contributed by atoms with Crippen molar-refractivity contribution >= 4 is 10.9 Å². The lowest BCUT2D eigenvalue weighted by Crippen LogP contribution is -2.48. The maximum atomic E-state index is 4.50. The molecule has 130 valence electrons. The monoisotopic (exact) mass is 334 g/mol. The number of benzene rings is 1. The third-order valence-corrected chi connectivity index (χ3v) is 6.39. The zero-order valence-corrected chi connectivity index (χ0v) is 15.1. The molecule has 0 radical (unpaired) electrons. The number of hydrogen-bond acceptors (Lipinski definition) is 2. The second kappa shape index (κ2) is 5.73. The number of rotatable bonds is 3. The van der Waals surface area contributed by atoms with Gasteiger partial charge in [-0.05, 0) is 43.0 Å². The second-order valence-corrected chi connectivity index (χ2v) is 7.85. The standard InChI is InChI=1S/C21H26N4/c1-3-20-22-7-8-25(20)13-14-9-17-16-5-4-6-18-21(16)15(11-23-18)10-19(17)24(2)12-14/h4-8,11,14,17,19,23H,3,9-10,12-13H2,1-2H3/t14?,17-,19-/m1/s1. The van der Waals surface area contributed by atoms with E-state index in [4.69, 9.17) is 0 Å². The van der Waals surface area contributed by atoms with Crippen molar-refractivity contribution in [3.8, 4) is 0 Å². The molecule has 1 aromatic carbocycles. The van der Waals surface area contributed by atoms with E-state index in [1.54, 1.807) is 5.56 Å². The summed E-state index contributed by atoms with van der Waals surface area (Å²) in [4.78, 5) is 10.6. The maximum Gasteiger partial charge on any atom is 0.108 e. The van der Waals surface area contributed by atoms with Gasteiger partial charge in [0.15, 0.2) is 0 Å². The van der Waals surface area contributed by atoms with E-state index in [1.807, 2.05) is 6.20 Å². The molecule has 1 fully saturated rings. The molecule has 2 aromatic heterocycles. The normalized spacial score (nSPS) is 26.1. The summed E-state index contributed by atoms with van der Waals surface area (Å²) < 4.78 is 2.37. The highest BCUT2D eigenvalue weighted by Gasteiger charge is 2.39. The Labute approximate surface area is 148 Å². The summed E-state index contributed by atoms with van der Waals surface area (Å²) in [6.45, 7) is 4.46. The van der Waals surface area contributed by atoms with E-state index in [9.17, 15) is 0 Å². The molecular formula is C21H26N4. The molecule has 1 unspecified atom stereocenters. The summed E-state index contributed by atoms with van der Waals surface area (Å²) in [5.41, 5.74) is 4.36. The first-order chi connectivity index (χ1) is 12.2. The highest BCUT2D eigenvalue weighted by atomic mass is 15.2. The van der Waals surface area contributed by atoms with Gasteiger partial charge in [-0.3, -0.25) is 0 Å². The minimum Gasteiger partial charge on any atom is -0.361 e. The Bertz CT molecular complexity index is 906. The fourth-order valence-corrected chi connectivity index (χ4v) is 5.29. The van der Waals surface area contributed by atoms with E-state index in [1.165, 1.54) is 41.7 Å². The molecule has 1 aliphatic heterocycles. The van der Waals surface area contributed by atoms with Crippen molar-refractivity contribution < 1.29 is 0 Å². The molecule has 0 spiro atoms. The van der Waals surface area contributed by atoms with Gasteiger partial charge in [0.25, 0.3) is 0 Å². The Hall–Kier alpha value is -2.07. The van der Waals surface area contributed by atoms with Crippen LogP contribution < -0.4 is 0 Å². The fourth-order valence-electron chi connectivity index (χ4n) is 5.29. The van der Waals surface area contributed by atoms with E-state index in [0.29, 0.717) is 17.9 Å². The molecule has 0 saturated carbocycles. The zero-order valence-electron chi connectivity index (χ0n) is 15.1. The van der Waals surface area contributed by atoms with Gasteiger partial charge in [-0.15, -0.1) is 0 Å². The maximum absolute atomic E-state index is 4.50. The van der Waals surface area contributed by atoms with Crippen molar-refractivity contribution in [2.75, 3.05) is 13.6 Å². The second-order valence-electron chi connectivity index (χ2n) is 7.85. The molecule has 0 amide bonds. The van der Waals surface area contributed by atoms with Gasteiger partial charge in [0, 0.05) is 61.0 Å². The average molecular weight is 334 g/mol. The van der Waals surface area contributed by atoms with Crippen LogP contribution in [0.3, 0.4) is 0 Å². The number of piperidine rings is 1. The summed E-state index contributed by atoms with van der Waals surface area (Å²) >= 11 is 0. The summed E-state index contributed by atoms with van der Waals surface area (Å²) in [6.07, 6.45) is 9.78. The lowest BCUT2D eigenvalue weighted by Gasteiger charge is -2.45. The lowest BCUT2D eigenvalue weighted by molar-refractivity contribution is 0.103. The molecule has 1 N–H and O–H groups in total. The summed E-state index contributed by atoms with van der Waals surface area (Å²) in [5.74, 6) is 2.54. The SMILES string of the molecule is CCc1nccn1CC1C[C@@H]2c3cccc4[nH]cc(c34)C[C@H]2N(C)C1. The van der Waals surface area contributed by atoms with E-state index in [0.717, 1.165) is 13.0 Å². The molecule has 3 heterocycles. The largest absolute Gasteiger partial charge is 0.361 e. The first-order valence-corrected chi connectivity index (χ1v) is 9.53. The number of likely N-dealkylation sites (N-methyl/N-ethyl adjacent to an activating group) is 1. The van der Waals surface area contributed by atoms with Crippen LogP contribution in [-0.2, 0) is 19.4 Å². The number of hydrogen-bond donors (Lipinski definition) is 1. The molecular weight excluding hydrogens is 308 g/mol. The van der Waals surface area contributed by atoms with Crippen molar-refractivity contribution in [3.63, 3.8) is 0 Å². The van der Waals surface area contributed by atoms with Gasteiger partial charge in [0.05, 0.1) is 0 Å². The first-order valence-electron chi connectivity index (χ1n) is 9.53. The van der Waals surface area contributed by atoms with Crippen LogP contribution in [0.15, 0.2) is 36.8 Å². The molecule has 4 nitrogen and oxygen atoms in total. The molecule has 25 heavy (non-hydrogen) atoms. The number of fused-ring (bicyclic) bond motifs is 2. The number of imidazole rings is 1. The van der Waals surface area contributed by atoms with Crippen molar-refractivity contribution in [3.05, 3.63) is 53.7 Å². The summed E-state index contributed by atoms with van der Waals surface area (Å²) in [6, 6.07) is 7.43. The predicted molar refractivity (Wildman–Crippen MR) is 101 cm³/mol. The molecule has 3 aromatic rings. The summed E-state index contributed by atoms with van der Waals surface area (Å²) in [7, 11) is 2.32. The third-order valence-electron chi connectivity index (χ3n) is 6.39. The van der Waals surface area contributed by atoms with E-state index in [2.05, 4.69) is 64.0 Å². The van der Waals surface area contributed by atoms with Gasteiger partial charge in [-0.1, -0.05) is 19.1 Å². The zero-order chi connectivity index (χ0) is 17.0. The van der Waals surface area contributed by atoms with Gasteiger partial charge in [0.2, 0.25) is 0 Å². The molecule has 1 saturated heterocycles. The van der Waals surface area contributed by atoms with Crippen molar-refractivity contribution in [1.82, 2.24) is 19.4 Å². The molecule has 5 rings (SSSR count). The number of nitrogens with one attached hydrogen (secondary N) is 1. The van der Waals surface area contributed by atoms with Crippen LogP contribution >= 0.6 is 0 Å². The topological polar surface area (TPSA) is 36.9 Å². The van der Waals surface area contributed by atoms with Crippen LogP contribution in [0.4, 0.5) is 0 Å². The molecule has 2 aliphatic rings. The van der Waals surface area contributed by atoms with Gasteiger partial charge < -0.3 is 14.5 Å². The number of aryl methyl sites for hydroxylation is 1. The van der Waals surface area contributed by atoms with E-state index >= 15 is 0 Å². The third kappa shape index (κ3) is 2.35. The Morgan fingerprint density at radius 3 is 3.12 bits per heavy atom. The van der Waals surface area contributed by atoms with Crippen LogP contribution in [0, 0.1) is 5.92 Å². The Morgan fingerprint density at radius 2 is 2.24 bits per heavy atom. The molecule has 3 atom stereocenters. The number of aromatic nitrogens is 3. The highest BCUT2D eigenvalue weighted by molar-refractivity contribution is 5.88. The van der Waals surface area contributed by atoms with Crippen LogP contribution in [0.2, 0.25) is 0 Å². The average Bonchev–Trinajstić information content (AvgIpc) is 3.24. The minimum atomic E-state index is 0.638. The van der Waals surface area contributed by atoms with Crippen LogP contribution in [0.5, 0.6) is 0 Å². The number of nitrogens with zero attached hydrogens (tertiary/aromatic N) is 3. The quantitative estimate of drug-likeness (QED) is 0.795. The number of likely N-dealkylation sites (tertiary alicyclic amines) is 1. The predicted octanol–water partition coefficient (Wildman–Crippen LogP) is 3.59. The van der Waals surface area contributed by atoms with Crippen LogP contribution in [-0.4, -0.2) is 39.1 Å². The smallest absolute Gasteiger partial charge is 0.108 e. The number of aromatic amines is 1. The Balaban J connectivity index is 1.48. The van der Waals surface area contributed by atoms with Crippen molar-refractivity contribution in [2.24, 2.45) is 5.92 Å². The van der Waals surface area contributed by atoms with Gasteiger partial charge in [-0.25, -0.2) is 4.98 Å². The minimum absolute atomic E-state index is 0.638. The first kappa shape index (κ1) is 15.2. The Morgan fingerprint density at radius 1 is 1.32 bits per heavy atom. The lowest BCUT2D eigenvalue weighted by atomic mass is 9.72. The van der Waals surface area contributed by atoms with Gasteiger partial charge >= 0.3 is 0 Å². The van der Waals surface area contributed by atoms with Crippen LogP contribution in [0.25, 0.3) is 10.9 Å². The van der Waals surface area contributed by atoms with Gasteiger partial charge in [-0.2, -0.15) is 0 Å². The fraction of sp³-hybridized carbons (Fsp3) is 0.476. The van der Waals surface area contributed by atoms with Crippen molar-refractivity contribution in [2.45, 2.75) is 44.7 Å². The molecule has 0 bridgehead atoms. The highest BCUT2D eigenvalue weighted by Crippen LogP contribution is 2.44. The molecule has 4 heteroatoms. The van der Waals surface area contributed by atoms with Crippen molar-refractivity contribution in [1.29, 1.82) is 0 Å².